The molecule has 1 saturated heterocycles. The molecule has 13 heteroatoms. The van der Waals surface area contributed by atoms with E-state index in [1.54, 1.807) is 0 Å². The van der Waals surface area contributed by atoms with Crippen LogP contribution in [0.1, 0.15) is 277 Å². The summed E-state index contributed by atoms with van der Waals surface area (Å²) >= 11 is 0. The number of unbranched alkanes of at least 4 members (excludes halogenated alkanes) is 35. The van der Waals surface area contributed by atoms with E-state index in [0.29, 0.717) is 19.3 Å². The molecular formula is C58H108O12S. The van der Waals surface area contributed by atoms with Crippen molar-refractivity contribution in [1.82, 2.24) is 0 Å². The van der Waals surface area contributed by atoms with Gasteiger partial charge in [-0.05, 0) is 44.9 Å². The van der Waals surface area contributed by atoms with Crippen LogP contribution in [-0.4, -0.2) is 96.0 Å². The van der Waals surface area contributed by atoms with Crippen LogP contribution < -0.4 is 0 Å². The highest BCUT2D eigenvalue weighted by molar-refractivity contribution is 7.85. The predicted octanol–water partition coefficient (Wildman–Crippen LogP) is 14.3. The minimum Gasteiger partial charge on any atom is -0.462 e. The van der Waals surface area contributed by atoms with Crippen LogP contribution in [0.3, 0.4) is 0 Å². The van der Waals surface area contributed by atoms with Gasteiger partial charge in [0.1, 0.15) is 36.8 Å². The lowest BCUT2D eigenvalue weighted by atomic mass is 10.00. The van der Waals surface area contributed by atoms with Gasteiger partial charge in [0.2, 0.25) is 0 Å². The van der Waals surface area contributed by atoms with Gasteiger partial charge in [0.15, 0.2) is 12.4 Å². The maximum atomic E-state index is 12.9. The van der Waals surface area contributed by atoms with Crippen LogP contribution in [0, 0.1) is 0 Å². The largest absolute Gasteiger partial charge is 0.462 e. The van der Waals surface area contributed by atoms with Gasteiger partial charge < -0.3 is 34.3 Å². The van der Waals surface area contributed by atoms with Crippen LogP contribution in [-0.2, 0) is 38.7 Å². The minimum absolute atomic E-state index is 0.162. The standard InChI is InChI=1S/C58H108O12S/c1-3-5-7-9-11-13-15-17-19-21-23-25-26-27-29-30-32-34-36-38-40-42-44-46-53(59)67-48-51(49-68-58-57(63)56(62)55(61)52(70-58)50-71(64,65)66)69-54(60)47-45-43-41-39-37-35-33-31-28-24-22-20-18-16-14-12-10-8-6-4-2/h30,32,38,40,51-52,55-58,61-63H,3-29,31,33-37,39,41-50H2,1-2H3,(H,64,65,66)/b32-30+,40-38+/t51-,52-,55-,56?,57?,58+/m1/s1. The molecule has 0 aromatic heterocycles. The first-order chi connectivity index (χ1) is 34.5. The summed E-state index contributed by atoms with van der Waals surface area (Å²) in [5, 5.41) is 31.1. The Hall–Kier alpha value is -1.87. The van der Waals surface area contributed by atoms with Crippen molar-refractivity contribution in [3.63, 3.8) is 0 Å². The molecule has 2 unspecified atom stereocenters. The number of aliphatic hydroxyl groups is 3. The SMILES string of the molecule is CCCCCCCCCCCCCCCC/C=C/CC/C=C/CCCC(=O)OC[C@H](CO[C@H]1O[C@H](CS(=O)(=O)O)[C@@H](O)C(O)C1O)OC(=O)CCCCCCCCCCCCCCCCCCCCCC. The molecule has 71 heavy (non-hydrogen) atoms. The fourth-order valence-electron chi connectivity index (χ4n) is 9.23. The van der Waals surface area contributed by atoms with Gasteiger partial charge in [-0.15, -0.1) is 0 Å². The highest BCUT2D eigenvalue weighted by atomic mass is 32.2. The van der Waals surface area contributed by atoms with Gasteiger partial charge in [-0.2, -0.15) is 8.42 Å². The third kappa shape index (κ3) is 42.1. The van der Waals surface area contributed by atoms with Gasteiger partial charge in [-0.3, -0.25) is 14.1 Å². The van der Waals surface area contributed by atoms with Crippen LogP contribution in [0.15, 0.2) is 24.3 Å². The monoisotopic (exact) mass is 1030 g/mol. The zero-order chi connectivity index (χ0) is 51.9. The normalized spacial score (nSPS) is 19.0. The number of rotatable bonds is 51. The Kier molecular flexibility index (Phi) is 45.2. The number of esters is 2. The summed E-state index contributed by atoms with van der Waals surface area (Å²) in [5.41, 5.74) is 0. The molecule has 0 radical (unpaired) electrons. The Morgan fingerprint density at radius 2 is 0.831 bits per heavy atom. The molecule has 4 N–H and O–H groups in total. The lowest BCUT2D eigenvalue weighted by Crippen LogP contribution is -2.60. The molecule has 0 aromatic carbocycles. The van der Waals surface area contributed by atoms with Crippen molar-refractivity contribution in [1.29, 1.82) is 0 Å². The van der Waals surface area contributed by atoms with Gasteiger partial charge in [0.05, 0.1) is 6.61 Å². The van der Waals surface area contributed by atoms with Gasteiger partial charge in [-0.25, -0.2) is 0 Å². The summed E-state index contributed by atoms with van der Waals surface area (Å²) < 4.78 is 54.4. The fourth-order valence-corrected chi connectivity index (χ4v) is 9.92. The Bertz CT molecular complexity index is 1390. The molecular weight excluding hydrogens is 921 g/mol. The van der Waals surface area contributed by atoms with E-state index in [1.807, 2.05) is 0 Å². The molecule has 0 saturated carbocycles. The second-order valence-electron chi connectivity index (χ2n) is 20.7. The molecule has 0 bridgehead atoms. The molecule has 0 aromatic rings. The number of hydrogen-bond acceptors (Lipinski definition) is 11. The van der Waals surface area contributed by atoms with E-state index >= 15 is 0 Å². The van der Waals surface area contributed by atoms with E-state index < -0.39 is 71.2 Å². The topological polar surface area (TPSA) is 186 Å². The Morgan fingerprint density at radius 1 is 0.465 bits per heavy atom. The van der Waals surface area contributed by atoms with Crippen molar-refractivity contribution in [2.75, 3.05) is 19.0 Å². The molecule has 6 atom stereocenters. The molecule has 1 rings (SSSR count). The minimum atomic E-state index is -4.61. The quantitative estimate of drug-likeness (QED) is 0.0196. The zero-order valence-corrected chi connectivity index (χ0v) is 46.2. The van der Waals surface area contributed by atoms with E-state index in [9.17, 15) is 37.9 Å². The summed E-state index contributed by atoms with van der Waals surface area (Å²) in [6.45, 7) is 3.80. The third-order valence-electron chi connectivity index (χ3n) is 13.8. The maximum Gasteiger partial charge on any atom is 0.306 e. The van der Waals surface area contributed by atoms with Crippen molar-refractivity contribution in [2.24, 2.45) is 0 Å². The van der Waals surface area contributed by atoms with E-state index in [4.69, 9.17) is 18.9 Å². The van der Waals surface area contributed by atoms with Crippen molar-refractivity contribution in [2.45, 2.75) is 314 Å². The highest BCUT2D eigenvalue weighted by Gasteiger charge is 2.46. The summed E-state index contributed by atoms with van der Waals surface area (Å²) in [6.07, 6.45) is 48.1. The van der Waals surface area contributed by atoms with E-state index in [-0.39, 0.29) is 19.4 Å². The second-order valence-corrected chi connectivity index (χ2v) is 22.2. The first-order valence-corrected chi connectivity index (χ1v) is 31.0. The summed E-state index contributed by atoms with van der Waals surface area (Å²) in [7, 11) is -4.61. The molecule has 1 fully saturated rings. The van der Waals surface area contributed by atoms with Crippen molar-refractivity contribution in [3.05, 3.63) is 24.3 Å². The molecule has 1 aliphatic rings. The summed E-state index contributed by atoms with van der Waals surface area (Å²) in [6, 6.07) is 0. The lowest BCUT2D eigenvalue weighted by Gasteiger charge is -2.40. The van der Waals surface area contributed by atoms with Crippen LogP contribution in [0.2, 0.25) is 0 Å². The van der Waals surface area contributed by atoms with E-state index in [1.165, 1.54) is 193 Å². The number of allylic oxidation sites excluding steroid dienone is 4. The zero-order valence-electron chi connectivity index (χ0n) is 45.3. The highest BCUT2D eigenvalue weighted by Crippen LogP contribution is 2.24. The molecule has 1 heterocycles. The van der Waals surface area contributed by atoms with Crippen LogP contribution in [0.5, 0.6) is 0 Å². The average molecular weight is 1030 g/mol. The van der Waals surface area contributed by atoms with Crippen molar-refractivity contribution in [3.8, 4) is 0 Å². The lowest BCUT2D eigenvalue weighted by molar-refractivity contribution is -0.297. The number of carbonyl (C=O) groups excluding carboxylic acids is 2. The Labute approximate surface area is 434 Å². The molecule has 12 nitrogen and oxygen atoms in total. The second kappa shape index (κ2) is 47.8. The van der Waals surface area contributed by atoms with E-state index in [2.05, 4.69) is 38.2 Å². The first-order valence-electron chi connectivity index (χ1n) is 29.4. The van der Waals surface area contributed by atoms with Crippen molar-refractivity contribution < 1.29 is 56.8 Å². The van der Waals surface area contributed by atoms with Crippen molar-refractivity contribution >= 4 is 22.1 Å². The smallest absolute Gasteiger partial charge is 0.306 e. The molecule has 0 spiro atoms. The number of carbonyl (C=O) groups is 2. The number of ether oxygens (including phenoxy) is 4. The van der Waals surface area contributed by atoms with Crippen LogP contribution in [0.25, 0.3) is 0 Å². The average Bonchev–Trinajstić information content (AvgIpc) is 3.34. The Balaban J connectivity index is 2.32. The maximum absolute atomic E-state index is 12.9. The fraction of sp³-hybridized carbons (Fsp3) is 0.897. The predicted molar refractivity (Wildman–Crippen MR) is 289 cm³/mol. The van der Waals surface area contributed by atoms with Crippen LogP contribution >= 0.6 is 0 Å². The molecule has 0 amide bonds. The summed E-state index contributed by atoms with van der Waals surface area (Å²) in [4.78, 5) is 25.6. The number of aliphatic hydroxyl groups excluding tert-OH is 3. The molecule has 0 aliphatic carbocycles. The first kappa shape index (κ1) is 67.1. The van der Waals surface area contributed by atoms with Gasteiger partial charge >= 0.3 is 11.9 Å². The van der Waals surface area contributed by atoms with Crippen LogP contribution in [0.4, 0.5) is 0 Å². The molecule has 418 valence electrons. The number of hydrogen-bond donors (Lipinski definition) is 4. The third-order valence-corrected chi connectivity index (χ3v) is 14.5. The van der Waals surface area contributed by atoms with Gasteiger partial charge in [-0.1, -0.05) is 244 Å². The van der Waals surface area contributed by atoms with E-state index in [0.717, 1.165) is 38.5 Å². The summed E-state index contributed by atoms with van der Waals surface area (Å²) in [5.74, 6) is -2.02. The van der Waals surface area contributed by atoms with Gasteiger partial charge in [0.25, 0.3) is 10.1 Å². The molecule has 1 aliphatic heterocycles. The Morgan fingerprint density at radius 3 is 1.25 bits per heavy atom. The van der Waals surface area contributed by atoms with Gasteiger partial charge in [0, 0.05) is 12.8 Å².